The Morgan fingerprint density at radius 3 is 2.69 bits per heavy atom. The highest BCUT2D eigenvalue weighted by Gasteiger charge is 2.25. The van der Waals surface area contributed by atoms with E-state index < -0.39 is 12.3 Å². The molecule has 0 radical (unpaired) electrons. The molecule has 2 heteroatoms. The van der Waals surface area contributed by atoms with Gasteiger partial charge in [-0.25, -0.2) is 8.78 Å². The van der Waals surface area contributed by atoms with Crippen LogP contribution in [0.2, 0.25) is 0 Å². The summed E-state index contributed by atoms with van der Waals surface area (Å²) in [6, 6.07) is 7.80. The maximum absolute atomic E-state index is 13.9. The van der Waals surface area contributed by atoms with E-state index in [-0.39, 0.29) is 5.92 Å². The quantitative estimate of drug-likeness (QED) is 0.713. The van der Waals surface area contributed by atoms with Crippen molar-refractivity contribution in [3.05, 3.63) is 41.5 Å². The first-order valence-electron chi connectivity index (χ1n) is 5.73. The molecule has 1 aliphatic carbocycles. The number of fused-ring (bicyclic) bond motifs is 1. The van der Waals surface area contributed by atoms with Crippen LogP contribution in [-0.2, 0) is 0 Å². The summed E-state index contributed by atoms with van der Waals surface area (Å²) in [6.07, 6.45) is 2.54. The van der Waals surface area contributed by atoms with Gasteiger partial charge in [-0.1, -0.05) is 36.4 Å². The summed E-state index contributed by atoms with van der Waals surface area (Å²) in [6.45, 7) is 1.48. The summed E-state index contributed by atoms with van der Waals surface area (Å²) < 4.78 is 26.6. The van der Waals surface area contributed by atoms with Gasteiger partial charge in [-0.3, -0.25) is 0 Å². The van der Waals surface area contributed by atoms with Gasteiger partial charge in [0.2, 0.25) is 0 Å². The molecule has 3 unspecified atom stereocenters. The van der Waals surface area contributed by atoms with Crippen LogP contribution < -0.4 is 0 Å². The minimum absolute atomic E-state index is 0.185. The predicted molar refractivity (Wildman–Crippen MR) is 62.9 cm³/mol. The van der Waals surface area contributed by atoms with Gasteiger partial charge in [0.1, 0.15) is 6.17 Å². The van der Waals surface area contributed by atoms with Gasteiger partial charge >= 0.3 is 0 Å². The molecular weight excluding hydrogens is 206 g/mol. The first-order chi connectivity index (χ1) is 7.68. The zero-order valence-corrected chi connectivity index (χ0v) is 9.37. The van der Waals surface area contributed by atoms with Gasteiger partial charge in [0.15, 0.2) is 0 Å². The first-order valence-corrected chi connectivity index (χ1v) is 5.73. The van der Waals surface area contributed by atoms with E-state index in [0.717, 1.165) is 11.1 Å². The van der Waals surface area contributed by atoms with Gasteiger partial charge in [-0.05, 0) is 30.9 Å². The maximum atomic E-state index is 13.9. The van der Waals surface area contributed by atoms with Gasteiger partial charge < -0.3 is 0 Å². The topological polar surface area (TPSA) is 0 Å². The number of hydrogen-bond donors (Lipinski definition) is 0. The van der Waals surface area contributed by atoms with Crippen LogP contribution in [-0.4, -0.2) is 12.3 Å². The molecule has 0 amide bonds. The molecular formula is C14H16F2. The van der Waals surface area contributed by atoms with E-state index >= 15 is 0 Å². The molecule has 1 aliphatic rings. The van der Waals surface area contributed by atoms with Gasteiger partial charge in [-0.2, -0.15) is 0 Å². The van der Waals surface area contributed by atoms with Crippen molar-refractivity contribution in [3.63, 3.8) is 0 Å². The monoisotopic (exact) mass is 222 g/mol. The second kappa shape index (κ2) is 4.77. The molecule has 2 rings (SSSR count). The Morgan fingerprint density at radius 2 is 1.94 bits per heavy atom. The zero-order chi connectivity index (χ0) is 11.5. The Morgan fingerprint density at radius 1 is 1.19 bits per heavy atom. The van der Waals surface area contributed by atoms with Gasteiger partial charge in [-0.15, -0.1) is 0 Å². The summed E-state index contributed by atoms with van der Waals surface area (Å²) in [5.74, 6) is -0.185. The van der Waals surface area contributed by atoms with Crippen LogP contribution in [0.1, 0.15) is 36.8 Å². The number of rotatable bonds is 4. The van der Waals surface area contributed by atoms with E-state index in [4.69, 9.17) is 0 Å². The Bertz CT molecular complexity index is 382. The third-order valence-corrected chi connectivity index (χ3v) is 3.07. The Hall–Kier alpha value is -1.18. The molecule has 0 nitrogen and oxygen atoms in total. The van der Waals surface area contributed by atoms with Crippen LogP contribution in [0.4, 0.5) is 8.78 Å². The largest absolute Gasteiger partial charge is 0.248 e. The van der Waals surface area contributed by atoms with Gasteiger partial charge in [0, 0.05) is 5.92 Å². The van der Waals surface area contributed by atoms with Crippen LogP contribution in [0.5, 0.6) is 0 Å². The number of benzene rings is 1. The summed E-state index contributed by atoms with van der Waals surface area (Å²) in [7, 11) is 0. The molecule has 86 valence electrons. The van der Waals surface area contributed by atoms with Crippen LogP contribution in [0.15, 0.2) is 30.3 Å². The summed E-state index contributed by atoms with van der Waals surface area (Å²) in [5.41, 5.74) is 2.12. The highest BCUT2D eigenvalue weighted by Crippen LogP contribution is 2.35. The normalized spacial score (nSPS) is 21.8. The lowest BCUT2D eigenvalue weighted by Crippen LogP contribution is -2.12. The van der Waals surface area contributed by atoms with Gasteiger partial charge in [0.25, 0.3) is 0 Å². The number of hydrogen-bond acceptors (Lipinski definition) is 0. The molecule has 16 heavy (non-hydrogen) atoms. The molecule has 0 aromatic heterocycles. The maximum Gasteiger partial charge on any atom is 0.111 e. The molecule has 0 N–H and O–H groups in total. The van der Waals surface area contributed by atoms with E-state index in [1.165, 1.54) is 6.92 Å². The molecule has 0 aliphatic heterocycles. The lowest BCUT2D eigenvalue weighted by atomic mass is 9.93. The van der Waals surface area contributed by atoms with Crippen molar-refractivity contribution >= 4 is 6.08 Å². The molecule has 1 aromatic carbocycles. The van der Waals surface area contributed by atoms with E-state index in [1.54, 1.807) is 0 Å². The van der Waals surface area contributed by atoms with E-state index in [2.05, 4.69) is 0 Å². The second-order valence-corrected chi connectivity index (χ2v) is 4.39. The Labute approximate surface area is 95.0 Å². The smallest absolute Gasteiger partial charge is 0.111 e. The van der Waals surface area contributed by atoms with Crippen molar-refractivity contribution in [2.45, 2.75) is 38.0 Å². The molecule has 0 fully saturated rings. The number of halogens is 2. The molecule has 0 heterocycles. The molecule has 0 spiro atoms. The minimum atomic E-state index is -0.974. The van der Waals surface area contributed by atoms with Crippen LogP contribution in [0.25, 0.3) is 6.08 Å². The van der Waals surface area contributed by atoms with Crippen molar-refractivity contribution < 1.29 is 8.78 Å². The summed E-state index contributed by atoms with van der Waals surface area (Å²) in [4.78, 5) is 0. The molecule has 0 saturated heterocycles. The third-order valence-electron chi connectivity index (χ3n) is 3.07. The molecule has 0 bridgehead atoms. The van der Waals surface area contributed by atoms with E-state index in [9.17, 15) is 8.78 Å². The van der Waals surface area contributed by atoms with Gasteiger partial charge in [0.05, 0.1) is 6.17 Å². The average Bonchev–Trinajstić information content (AvgIpc) is 2.69. The van der Waals surface area contributed by atoms with Crippen molar-refractivity contribution in [1.29, 1.82) is 0 Å². The van der Waals surface area contributed by atoms with Crippen molar-refractivity contribution in [2.75, 3.05) is 0 Å². The average molecular weight is 222 g/mol. The summed E-state index contributed by atoms with van der Waals surface area (Å²) >= 11 is 0. The Kier molecular flexibility index (Phi) is 3.37. The number of allylic oxidation sites excluding steroid dienone is 1. The molecule has 0 saturated carbocycles. The van der Waals surface area contributed by atoms with E-state index in [1.807, 2.05) is 36.4 Å². The predicted octanol–water partition coefficient (Wildman–Crippen LogP) is 4.27. The fourth-order valence-corrected chi connectivity index (χ4v) is 2.16. The van der Waals surface area contributed by atoms with Crippen LogP contribution in [0, 0.1) is 0 Å². The fraction of sp³-hybridized carbons (Fsp3) is 0.429. The molecule has 1 aromatic rings. The number of alkyl halides is 2. The highest BCUT2D eigenvalue weighted by atomic mass is 19.1. The lowest BCUT2D eigenvalue weighted by molar-refractivity contribution is 0.246. The SMILES string of the molecule is CC(F)CCC(F)C1C=Cc2ccccc21. The van der Waals surface area contributed by atoms with Crippen molar-refractivity contribution in [2.24, 2.45) is 0 Å². The van der Waals surface area contributed by atoms with Crippen molar-refractivity contribution in [3.8, 4) is 0 Å². The van der Waals surface area contributed by atoms with E-state index in [0.29, 0.717) is 12.8 Å². The fourth-order valence-electron chi connectivity index (χ4n) is 2.16. The zero-order valence-electron chi connectivity index (χ0n) is 9.37. The van der Waals surface area contributed by atoms with Crippen LogP contribution in [0.3, 0.4) is 0 Å². The standard InChI is InChI=1S/C14H16F2/c1-10(15)6-9-14(16)13-8-7-11-4-2-3-5-12(11)13/h2-5,7-8,10,13-14H,6,9H2,1H3. The highest BCUT2D eigenvalue weighted by molar-refractivity contribution is 5.62. The molecule has 3 atom stereocenters. The van der Waals surface area contributed by atoms with Crippen molar-refractivity contribution in [1.82, 2.24) is 0 Å². The third kappa shape index (κ3) is 2.31. The minimum Gasteiger partial charge on any atom is -0.248 e. The summed E-state index contributed by atoms with van der Waals surface area (Å²) in [5, 5.41) is 0. The lowest BCUT2D eigenvalue weighted by Gasteiger charge is -2.16. The van der Waals surface area contributed by atoms with Crippen LogP contribution >= 0.6 is 0 Å². The Balaban J connectivity index is 2.04. The second-order valence-electron chi connectivity index (χ2n) is 4.39. The first kappa shape index (κ1) is 11.3.